The number of aryl methyl sites for hydroxylation is 1. The predicted molar refractivity (Wildman–Crippen MR) is 75.7 cm³/mol. The number of carboxylic acids is 1. The first kappa shape index (κ1) is 13.7. The monoisotopic (exact) mass is 270 g/mol. The van der Waals surface area contributed by atoms with Crippen LogP contribution in [0.3, 0.4) is 0 Å². The van der Waals surface area contributed by atoms with Gasteiger partial charge in [-0.3, -0.25) is 4.79 Å². The predicted octanol–water partition coefficient (Wildman–Crippen LogP) is 2.71. The Hall–Kier alpha value is -2.69. The molecule has 0 saturated carbocycles. The van der Waals surface area contributed by atoms with Gasteiger partial charge >= 0.3 is 5.97 Å². The second-order valence-electron chi connectivity index (χ2n) is 4.39. The zero-order valence-electron chi connectivity index (χ0n) is 11.2. The molecule has 102 valence electrons. The summed E-state index contributed by atoms with van der Waals surface area (Å²) in [5.41, 5.74) is 2.79. The van der Waals surface area contributed by atoms with E-state index in [2.05, 4.69) is 10.3 Å². The van der Waals surface area contributed by atoms with Crippen LogP contribution in [0.15, 0.2) is 36.4 Å². The molecule has 0 fully saturated rings. The molecule has 5 heteroatoms. The minimum absolute atomic E-state index is 0.171. The van der Waals surface area contributed by atoms with Crippen LogP contribution in [0.2, 0.25) is 0 Å². The highest BCUT2D eigenvalue weighted by molar-refractivity contribution is 5.89. The van der Waals surface area contributed by atoms with Gasteiger partial charge < -0.3 is 10.4 Å². The van der Waals surface area contributed by atoms with Gasteiger partial charge in [0.15, 0.2) is 0 Å². The summed E-state index contributed by atoms with van der Waals surface area (Å²) in [6.45, 7) is 3.27. The van der Waals surface area contributed by atoms with Crippen LogP contribution < -0.4 is 5.32 Å². The summed E-state index contributed by atoms with van der Waals surface area (Å²) < 4.78 is 0. The summed E-state index contributed by atoms with van der Waals surface area (Å²) in [6, 6.07) is 10.2. The van der Waals surface area contributed by atoms with Gasteiger partial charge in [-0.05, 0) is 36.8 Å². The van der Waals surface area contributed by atoms with Crippen LogP contribution in [0.4, 0.5) is 5.82 Å². The lowest BCUT2D eigenvalue weighted by Gasteiger charge is -2.08. The number of rotatable bonds is 3. The van der Waals surface area contributed by atoms with E-state index in [1.165, 1.54) is 6.92 Å². The van der Waals surface area contributed by atoms with Crippen LogP contribution in [0, 0.1) is 6.92 Å². The van der Waals surface area contributed by atoms with Crippen molar-refractivity contribution in [1.29, 1.82) is 0 Å². The Morgan fingerprint density at radius 1 is 1.10 bits per heavy atom. The molecule has 0 radical (unpaired) electrons. The summed E-state index contributed by atoms with van der Waals surface area (Å²) in [7, 11) is 0. The van der Waals surface area contributed by atoms with Gasteiger partial charge in [0.25, 0.3) is 0 Å². The molecule has 0 bridgehead atoms. The maximum Gasteiger partial charge on any atom is 0.335 e. The average molecular weight is 270 g/mol. The van der Waals surface area contributed by atoms with Crippen molar-refractivity contribution in [3.63, 3.8) is 0 Å². The number of carbonyl (C=O) groups excluding carboxylic acids is 1. The molecule has 0 aliphatic rings. The quantitative estimate of drug-likeness (QED) is 0.898. The molecular weight excluding hydrogens is 256 g/mol. The summed E-state index contributed by atoms with van der Waals surface area (Å²) >= 11 is 0. The molecule has 0 atom stereocenters. The SMILES string of the molecule is CC(=O)Nc1ccc(-c2ccc(C(=O)O)cc2)c(C)n1. The Morgan fingerprint density at radius 3 is 2.25 bits per heavy atom. The molecule has 1 amide bonds. The van der Waals surface area contributed by atoms with Crippen LogP contribution >= 0.6 is 0 Å². The Kier molecular flexibility index (Phi) is 3.79. The van der Waals surface area contributed by atoms with E-state index in [1.807, 2.05) is 13.0 Å². The zero-order valence-corrected chi connectivity index (χ0v) is 11.2. The number of anilines is 1. The first-order chi connectivity index (χ1) is 9.47. The molecule has 1 heterocycles. The summed E-state index contributed by atoms with van der Waals surface area (Å²) in [5.74, 6) is -0.622. The van der Waals surface area contributed by atoms with Crippen molar-refractivity contribution in [2.24, 2.45) is 0 Å². The fourth-order valence-corrected chi connectivity index (χ4v) is 1.91. The van der Waals surface area contributed by atoms with Gasteiger partial charge in [-0.1, -0.05) is 12.1 Å². The van der Waals surface area contributed by atoms with Crippen LogP contribution in [0.25, 0.3) is 11.1 Å². The third-order valence-corrected chi connectivity index (χ3v) is 2.83. The van der Waals surface area contributed by atoms with Gasteiger partial charge in [0, 0.05) is 18.2 Å². The number of nitrogens with zero attached hydrogens (tertiary/aromatic N) is 1. The number of aromatic nitrogens is 1. The maximum atomic E-state index is 11.0. The molecular formula is C15H14N2O3. The van der Waals surface area contributed by atoms with Crippen molar-refractivity contribution >= 4 is 17.7 Å². The molecule has 20 heavy (non-hydrogen) atoms. The van der Waals surface area contributed by atoms with E-state index >= 15 is 0 Å². The number of benzene rings is 1. The first-order valence-corrected chi connectivity index (χ1v) is 6.06. The highest BCUT2D eigenvalue weighted by Gasteiger charge is 2.07. The molecule has 0 unspecified atom stereocenters. The molecule has 0 saturated heterocycles. The topological polar surface area (TPSA) is 79.3 Å². The molecule has 1 aromatic carbocycles. The van der Waals surface area contributed by atoms with Crippen molar-refractivity contribution in [3.05, 3.63) is 47.7 Å². The van der Waals surface area contributed by atoms with Crippen LogP contribution in [-0.4, -0.2) is 22.0 Å². The number of hydrogen-bond donors (Lipinski definition) is 2. The molecule has 2 N–H and O–H groups in total. The molecule has 2 rings (SSSR count). The van der Waals surface area contributed by atoms with Gasteiger partial charge in [-0.15, -0.1) is 0 Å². The van der Waals surface area contributed by atoms with Crippen LogP contribution in [0.1, 0.15) is 23.0 Å². The van der Waals surface area contributed by atoms with Gasteiger partial charge in [0.1, 0.15) is 5.82 Å². The zero-order chi connectivity index (χ0) is 14.7. The van der Waals surface area contributed by atoms with Gasteiger partial charge in [-0.2, -0.15) is 0 Å². The first-order valence-electron chi connectivity index (χ1n) is 6.06. The lowest BCUT2D eigenvalue weighted by atomic mass is 10.0. The summed E-state index contributed by atoms with van der Waals surface area (Å²) in [6.07, 6.45) is 0. The lowest BCUT2D eigenvalue weighted by molar-refractivity contribution is -0.114. The number of aromatic carboxylic acids is 1. The maximum absolute atomic E-state index is 11.0. The number of nitrogens with one attached hydrogen (secondary N) is 1. The van der Waals surface area contributed by atoms with E-state index in [1.54, 1.807) is 30.3 Å². The Morgan fingerprint density at radius 2 is 1.75 bits per heavy atom. The fourth-order valence-electron chi connectivity index (χ4n) is 1.91. The standard InChI is InChI=1S/C15H14N2O3/c1-9-13(7-8-14(16-9)17-10(2)18)11-3-5-12(6-4-11)15(19)20/h3-8H,1-2H3,(H,19,20)(H,16,17,18). The normalized spacial score (nSPS) is 10.1. The van der Waals surface area contributed by atoms with Crippen molar-refractivity contribution in [1.82, 2.24) is 4.98 Å². The Balaban J connectivity index is 2.33. The molecule has 0 spiro atoms. The third kappa shape index (κ3) is 3.00. The fraction of sp³-hybridized carbons (Fsp3) is 0.133. The van der Waals surface area contributed by atoms with Crippen LogP contribution in [0.5, 0.6) is 0 Å². The Labute approximate surface area is 116 Å². The van der Waals surface area contributed by atoms with Crippen LogP contribution in [-0.2, 0) is 4.79 Å². The van der Waals surface area contributed by atoms with Crippen molar-refractivity contribution in [2.45, 2.75) is 13.8 Å². The van der Waals surface area contributed by atoms with E-state index in [0.717, 1.165) is 16.8 Å². The Bertz CT molecular complexity index is 663. The van der Waals surface area contributed by atoms with E-state index < -0.39 is 5.97 Å². The number of pyridine rings is 1. The molecule has 0 aliphatic carbocycles. The highest BCUT2D eigenvalue weighted by atomic mass is 16.4. The molecule has 2 aromatic rings. The van der Waals surface area contributed by atoms with Crippen molar-refractivity contribution in [3.8, 4) is 11.1 Å². The largest absolute Gasteiger partial charge is 0.478 e. The second-order valence-corrected chi connectivity index (χ2v) is 4.39. The van der Waals surface area contributed by atoms with E-state index in [0.29, 0.717) is 5.82 Å². The van der Waals surface area contributed by atoms with Gasteiger partial charge in [0.2, 0.25) is 5.91 Å². The molecule has 0 aliphatic heterocycles. The summed E-state index contributed by atoms with van der Waals surface area (Å²) in [4.78, 5) is 26.1. The summed E-state index contributed by atoms with van der Waals surface area (Å²) in [5, 5.41) is 11.5. The minimum Gasteiger partial charge on any atom is -0.478 e. The van der Waals surface area contributed by atoms with E-state index in [9.17, 15) is 9.59 Å². The number of hydrogen-bond acceptors (Lipinski definition) is 3. The minimum atomic E-state index is -0.951. The second kappa shape index (κ2) is 5.52. The lowest BCUT2D eigenvalue weighted by Crippen LogP contribution is -2.08. The molecule has 5 nitrogen and oxygen atoms in total. The molecule has 1 aromatic heterocycles. The van der Waals surface area contributed by atoms with Gasteiger partial charge in [-0.25, -0.2) is 9.78 Å². The third-order valence-electron chi connectivity index (χ3n) is 2.83. The number of carbonyl (C=O) groups is 2. The average Bonchev–Trinajstić information content (AvgIpc) is 2.38. The van der Waals surface area contributed by atoms with Crippen molar-refractivity contribution < 1.29 is 14.7 Å². The number of carboxylic acid groups (broad SMARTS) is 1. The van der Waals surface area contributed by atoms with E-state index in [4.69, 9.17) is 5.11 Å². The highest BCUT2D eigenvalue weighted by Crippen LogP contribution is 2.24. The van der Waals surface area contributed by atoms with Crippen molar-refractivity contribution in [2.75, 3.05) is 5.32 Å². The van der Waals surface area contributed by atoms with Gasteiger partial charge in [0.05, 0.1) is 5.56 Å². The number of amides is 1. The smallest absolute Gasteiger partial charge is 0.335 e. The van der Waals surface area contributed by atoms with E-state index in [-0.39, 0.29) is 11.5 Å².